The molecule has 0 saturated heterocycles. The number of methoxy groups -OCH3 is 1. The maximum absolute atomic E-state index is 6.16. The van der Waals surface area contributed by atoms with Gasteiger partial charge in [0.25, 0.3) is 0 Å². The molecule has 1 atom stereocenters. The molecule has 0 radical (unpaired) electrons. The quantitative estimate of drug-likeness (QED) is 0.944. The largest absolute Gasteiger partial charge is 0.496 e. The summed E-state index contributed by atoms with van der Waals surface area (Å²) in [4.78, 5) is 0. The van der Waals surface area contributed by atoms with Crippen molar-refractivity contribution in [1.29, 1.82) is 0 Å². The van der Waals surface area contributed by atoms with Crippen molar-refractivity contribution in [3.05, 3.63) is 51.9 Å². The minimum Gasteiger partial charge on any atom is -0.496 e. The molecule has 0 aliphatic heterocycles. The van der Waals surface area contributed by atoms with Crippen molar-refractivity contribution in [1.82, 2.24) is 0 Å². The molecule has 4 heteroatoms. The Kier molecular flexibility index (Phi) is 3.54. The maximum Gasteiger partial charge on any atom is 0.139 e. The molecule has 1 aromatic heterocycles. The predicted molar refractivity (Wildman–Crippen MR) is 70.2 cm³/mol. The molecule has 0 bridgehead atoms. The molecule has 0 aliphatic rings. The van der Waals surface area contributed by atoms with Crippen LogP contribution in [0, 0.1) is 6.92 Å². The van der Waals surface area contributed by atoms with E-state index in [-0.39, 0.29) is 6.04 Å². The van der Waals surface area contributed by atoms with Crippen LogP contribution in [0.5, 0.6) is 5.75 Å². The third kappa shape index (κ3) is 2.37. The van der Waals surface area contributed by atoms with Crippen molar-refractivity contribution < 1.29 is 9.15 Å². The van der Waals surface area contributed by atoms with Crippen LogP contribution in [0.3, 0.4) is 0 Å². The van der Waals surface area contributed by atoms with E-state index in [9.17, 15) is 0 Å². The highest BCUT2D eigenvalue weighted by atomic mass is 79.9. The summed E-state index contributed by atoms with van der Waals surface area (Å²) in [5, 5.41) is 0. The second-order valence-electron chi connectivity index (χ2n) is 3.84. The Bertz CT molecular complexity index is 522. The molecule has 0 aliphatic carbocycles. The average molecular weight is 296 g/mol. The van der Waals surface area contributed by atoms with E-state index in [4.69, 9.17) is 14.9 Å². The standard InChI is InChI=1S/C13H14BrNO2/c1-8-3-4-9(7-11(8)16-2)12(15)13-10(14)5-6-17-13/h3-7,12H,15H2,1-2H3. The Morgan fingerprint density at radius 3 is 2.71 bits per heavy atom. The van der Waals surface area contributed by atoms with Crippen LogP contribution in [0.4, 0.5) is 0 Å². The first kappa shape index (κ1) is 12.2. The zero-order valence-electron chi connectivity index (χ0n) is 9.74. The van der Waals surface area contributed by atoms with Crippen LogP contribution in [0.15, 0.2) is 39.4 Å². The number of furan rings is 1. The van der Waals surface area contributed by atoms with Gasteiger partial charge in [-0.25, -0.2) is 0 Å². The first-order valence-electron chi connectivity index (χ1n) is 5.26. The Labute approximate surface area is 109 Å². The first-order valence-corrected chi connectivity index (χ1v) is 6.05. The van der Waals surface area contributed by atoms with E-state index in [1.807, 2.05) is 31.2 Å². The van der Waals surface area contributed by atoms with E-state index in [0.29, 0.717) is 0 Å². The van der Waals surface area contributed by atoms with Gasteiger partial charge < -0.3 is 14.9 Å². The lowest BCUT2D eigenvalue weighted by Gasteiger charge is -2.13. The number of ether oxygens (including phenoxy) is 1. The van der Waals surface area contributed by atoms with Crippen LogP contribution in [0.25, 0.3) is 0 Å². The van der Waals surface area contributed by atoms with Crippen LogP contribution >= 0.6 is 15.9 Å². The fourth-order valence-corrected chi connectivity index (χ4v) is 2.16. The monoisotopic (exact) mass is 295 g/mol. The summed E-state index contributed by atoms with van der Waals surface area (Å²) in [6, 6.07) is 7.45. The highest BCUT2D eigenvalue weighted by Crippen LogP contribution is 2.30. The van der Waals surface area contributed by atoms with E-state index in [0.717, 1.165) is 27.1 Å². The summed E-state index contributed by atoms with van der Waals surface area (Å²) in [5.41, 5.74) is 8.20. The summed E-state index contributed by atoms with van der Waals surface area (Å²) in [6.07, 6.45) is 1.62. The SMILES string of the molecule is COc1cc(C(N)c2occc2Br)ccc1C. The van der Waals surface area contributed by atoms with E-state index in [1.165, 1.54) is 0 Å². The van der Waals surface area contributed by atoms with Gasteiger partial charge in [0.2, 0.25) is 0 Å². The maximum atomic E-state index is 6.16. The lowest BCUT2D eigenvalue weighted by atomic mass is 10.0. The molecule has 0 fully saturated rings. The van der Waals surface area contributed by atoms with Crippen molar-refractivity contribution in [2.24, 2.45) is 5.73 Å². The van der Waals surface area contributed by atoms with Crippen molar-refractivity contribution >= 4 is 15.9 Å². The minimum atomic E-state index is -0.297. The molecular formula is C13H14BrNO2. The molecule has 0 spiro atoms. The number of hydrogen-bond acceptors (Lipinski definition) is 3. The Morgan fingerprint density at radius 2 is 2.12 bits per heavy atom. The van der Waals surface area contributed by atoms with E-state index in [1.54, 1.807) is 13.4 Å². The summed E-state index contributed by atoms with van der Waals surface area (Å²) in [5.74, 6) is 1.55. The third-order valence-corrected chi connectivity index (χ3v) is 3.37. The number of rotatable bonds is 3. The Hall–Kier alpha value is -1.26. The summed E-state index contributed by atoms with van der Waals surface area (Å²) >= 11 is 3.41. The molecule has 1 aromatic carbocycles. The number of benzene rings is 1. The van der Waals surface area contributed by atoms with E-state index >= 15 is 0 Å². The summed E-state index contributed by atoms with van der Waals surface area (Å²) in [7, 11) is 1.65. The van der Waals surface area contributed by atoms with Crippen molar-refractivity contribution in [2.75, 3.05) is 7.11 Å². The Morgan fingerprint density at radius 1 is 1.35 bits per heavy atom. The highest BCUT2D eigenvalue weighted by molar-refractivity contribution is 9.10. The fourth-order valence-electron chi connectivity index (χ4n) is 1.71. The van der Waals surface area contributed by atoms with Crippen LogP contribution in [-0.2, 0) is 0 Å². The first-order chi connectivity index (χ1) is 8.13. The molecule has 90 valence electrons. The second-order valence-corrected chi connectivity index (χ2v) is 4.69. The summed E-state index contributed by atoms with van der Waals surface area (Å²) in [6.45, 7) is 2.00. The van der Waals surface area contributed by atoms with Gasteiger partial charge in [-0.3, -0.25) is 0 Å². The number of nitrogens with two attached hydrogens (primary N) is 1. The van der Waals surface area contributed by atoms with Gasteiger partial charge in [0, 0.05) is 0 Å². The molecule has 2 aromatic rings. The molecule has 1 unspecified atom stereocenters. The van der Waals surface area contributed by atoms with Gasteiger partial charge >= 0.3 is 0 Å². The van der Waals surface area contributed by atoms with E-state index in [2.05, 4.69) is 15.9 Å². The Balaban J connectivity index is 2.38. The van der Waals surface area contributed by atoms with Crippen molar-refractivity contribution in [3.8, 4) is 5.75 Å². The van der Waals surface area contributed by atoms with Gasteiger partial charge in [0.15, 0.2) is 0 Å². The van der Waals surface area contributed by atoms with Gasteiger partial charge in [-0.15, -0.1) is 0 Å². The van der Waals surface area contributed by atoms with Crippen LogP contribution in [-0.4, -0.2) is 7.11 Å². The zero-order valence-corrected chi connectivity index (χ0v) is 11.3. The lowest BCUT2D eigenvalue weighted by molar-refractivity contribution is 0.410. The summed E-state index contributed by atoms with van der Waals surface area (Å²) < 4.78 is 11.5. The third-order valence-electron chi connectivity index (χ3n) is 2.72. The fraction of sp³-hybridized carbons (Fsp3) is 0.231. The number of halogens is 1. The molecule has 1 heterocycles. The van der Waals surface area contributed by atoms with Gasteiger partial charge in [-0.05, 0) is 46.1 Å². The van der Waals surface area contributed by atoms with Crippen molar-refractivity contribution in [3.63, 3.8) is 0 Å². The van der Waals surface area contributed by atoms with E-state index < -0.39 is 0 Å². The predicted octanol–water partition coefficient (Wildman–Crippen LogP) is 3.41. The normalized spacial score (nSPS) is 12.5. The number of hydrogen-bond donors (Lipinski definition) is 1. The van der Waals surface area contributed by atoms with Gasteiger partial charge in [-0.1, -0.05) is 12.1 Å². The molecule has 0 saturated carbocycles. The highest BCUT2D eigenvalue weighted by Gasteiger charge is 2.16. The smallest absolute Gasteiger partial charge is 0.139 e. The van der Waals surface area contributed by atoms with Crippen LogP contribution < -0.4 is 10.5 Å². The molecule has 3 nitrogen and oxygen atoms in total. The van der Waals surface area contributed by atoms with Gasteiger partial charge in [0.1, 0.15) is 11.5 Å². The topological polar surface area (TPSA) is 48.4 Å². The molecular weight excluding hydrogens is 282 g/mol. The lowest BCUT2D eigenvalue weighted by Crippen LogP contribution is -2.11. The molecule has 2 N–H and O–H groups in total. The molecule has 17 heavy (non-hydrogen) atoms. The van der Waals surface area contributed by atoms with Gasteiger partial charge in [-0.2, -0.15) is 0 Å². The second kappa shape index (κ2) is 4.94. The zero-order chi connectivity index (χ0) is 12.4. The molecule has 0 amide bonds. The van der Waals surface area contributed by atoms with Gasteiger partial charge in [0.05, 0.1) is 23.9 Å². The van der Waals surface area contributed by atoms with Crippen LogP contribution in [0.1, 0.15) is 22.9 Å². The van der Waals surface area contributed by atoms with Crippen LogP contribution in [0.2, 0.25) is 0 Å². The number of aryl methyl sites for hydroxylation is 1. The van der Waals surface area contributed by atoms with Crippen molar-refractivity contribution in [2.45, 2.75) is 13.0 Å². The molecule has 2 rings (SSSR count). The average Bonchev–Trinajstić information content (AvgIpc) is 2.75. The minimum absolute atomic E-state index is 0.297.